The van der Waals surface area contributed by atoms with Crippen molar-refractivity contribution in [1.82, 2.24) is 0 Å². The fourth-order valence-corrected chi connectivity index (χ4v) is 1.71. The molecular weight excluding hydrogens is 207 g/mol. The quantitative estimate of drug-likeness (QED) is 0.661. The molecule has 0 unspecified atom stereocenters. The number of benzene rings is 1. The first-order valence-corrected chi connectivity index (χ1v) is 4.35. The van der Waals surface area contributed by atoms with E-state index < -0.39 is 28.8 Å². The Kier molecular flexibility index (Phi) is 1.83. The zero-order valence-corrected chi connectivity index (χ0v) is 8.12. The second-order valence-electron chi connectivity index (χ2n) is 3.98. The third kappa shape index (κ3) is 1.15. The molecule has 0 radical (unpaired) electrons. The van der Waals surface area contributed by atoms with E-state index in [2.05, 4.69) is 5.32 Å². The van der Waals surface area contributed by atoms with E-state index in [-0.39, 0.29) is 11.3 Å². The van der Waals surface area contributed by atoms with Gasteiger partial charge in [-0.1, -0.05) is 0 Å². The first-order chi connectivity index (χ1) is 6.85. The van der Waals surface area contributed by atoms with Crippen molar-refractivity contribution < 1.29 is 18.0 Å². The highest BCUT2D eigenvalue weighted by Gasteiger charge is 2.43. The predicted molar refractivity (Wildman–Crippen MR) is 48.0 cm³/mol. The minimum Gasteiger partial charge on any atom is -0.322 e. The minimum absolute atomic E-state index is 0.119. The highest BCUT2D eigenvalue weighted by molar-refractivity contribution is 6.05. The summed E-state index contributed by atoms with van der Waals surface area (Å²) < 4.78 is 39.5. The molecule has 1 N–H and O–H groups in total. The fraction of sp³-hybridized carbons (Fsp3) is 0.300. The maximum atomic E-state index is 13.4. The molecule has 0 saturated carbocycles. The molecule has 1 amide bonds. The first kappa shape index (κ1) is 10.0. The number of halogens is 3. The molecule has 0 fully saturated rings. The van der Waals surface area contributed by atoms with Gasteiger partial charge in [0, 0.05) is 11.6 Å². The number of nitrogens with one attached hydrogen (secondary N) is 1. The van der Waals surface area contributed by atoms with Crippen molar-refractivity contribution in [2.75, 3.05) is 5.32 Å². The van der Waals surface area contributed by atoms with Gasteiger partial charge in [-0.05, 0) is 13.8 Å². The smallest absolute Gasteiger partial charge is 0.234 e. The topological polar surface area (TPSA) is 29.1 Å². The van der Waals surface area contributed by atoms with Gasteiger partial charge < -0.3 is 5.32 Å². The summed E-state index contributed by atoms with van der Waals surface area (Å²) in [6.07, 6.45) is 0. The summed E-state index contributed by atoms with van der Waals surface area (Å²) in [6, 6.07) is 0.455. The number of anilines is 1. The average molecular weight is 215 g/mol. The molecule has 0 atom stereocenters. The van der Waals surface area contributed by atoms with Crippen LogP contribution in [0.25, 0.3) is 0 Å². The SMILES string of the molecule is CC1(C)C(=O)Nc2c(F)c(F)cc(F)c21. The van der Waals surface area contributed by atoms with E-state index in [9.17, 15) is 18.0 Å². The van der Waals surface area contributed by atoms with E-state index in [1.54, 1.807) is 0 Å². The van der Waals surface area contributed by atoms with Gasteiger partial charge in [0.05, 0.1) is 11.1 Å². The molecule has 2 rings (SSSR count). The Hall–Kier alpha value is -1.52. The molecule has 0 spiro atoms. The Bertz CT molecular complexity index is 468. The number of amides is 1. The second-order valence-corrected chi connectivity index (χ2v) is 3.98. The lowest BCUT2D eigenvalue weighted by Gasteiger charge is -2.15. The van der Waals surface area contributed by atoms with Crippen molar-refractivity contribution in [2.24, 2.45) is 0 Å². The molecule has 0 bridgehead atoms. The lowest BCUT2D eigenvalue weighted by molar-refractivity contribution is -0.119. The van der Waals surface area contributed by atoms with Gasteiger partial charge in [0.2, 0.25) is 5.91 Å². The summed E-state index contributed by atoms with van der Waals surface area (Å²) in [5.74, 6) is -3.97. The molecular formula is C10H8F3NO. The first-order valence-electron chi connectivity index (χ1n) is 4.35. The van der Waals surface area contributed by atoms with Crippen LogP contribution in [0.2, 0.25) is 0 Å². The van der Waals surface area contributed by atoms with E-state index in [0.29, 0.717) is 6.07 Å². The number of hydrogen-bond donors (Lipinski definition) is 1. The van der Waals surface area contributed by atoms with Gasteiger partial charge in [0.25, 0.3) is 0 Å². The van der Waals surface area contributed by atoms with E-state index in [4.69, 9.17) is 0 Å². The van der Waals surface area contributed by atoms with Crippen LogP contribution in [0.15, 0.2) is 6.07 Å². The van der Waals surface area contributed by atoms with Gasteiger partial charge in [-0.15, -0.1) is 0 Å². The maximum Gasteiger partial charge on any atom is 0.234 e. The van der Waals surface area contributed by atoms with Crippen LogP contribution >= 0.6 is 0 Å². The van der Waals surface area contributed by atoms with Crippen LogP contribution in [0.4, 0.5) is 18.9 Å². The molecule has 2 nitrogen and oxygen atoms in total. The lowest BCUT2D eigenvalue weighted by atomic mass is 9.86. The molecule has 80 valence electrons. The van der Waals surface area contributed by atoms with Gasteiger partial charge in [0.15, 0.2) is 11.6 Å². The number of rotatable bonds is 0. The van der Waals surface area contributed by atoms with E-state index in [1.807, 2.05) is 0 Å². The molecule has 0 aromatic heterocycles. The molecule has 0 aliphatic carbocycles. The van der Waals surface area contributed by atoms with Crippen molar-refractivity contribution in [2.45, 2.75) is 19.3 Å². The Balaban J connectivity index is 2.80. The average Bonchev–Trinajstić information content (AvgIpc) is 2.35. The van der Waals surface area contributed by atoms with Crippen LogP contribution in [0, 0.1) is 17.5 Å². The second kappa shape index (κ2) is 2.74. The number of hydrogen-bond acceptors (Lipinski definition) is 1. The van der Waals surface area contributed by atoms with Crippen LogP contribution in [-0.4, -0.2) is 5.91 Å². The summed E-state index contributed by atoms with van der Waals surface area (Å²) in [5.41, 5.74) is -1.68. The maximum absolute atomic E-state index is 13.4. The molecule has 1 heterocycles. The van der Waals surface area contributed by atoms with Crippen LogP contribution in [0.1, 0.15) is 19.4 Å². The zero-order chi connectivity index (χ0) is 11.4. The van der Waals surface area contributed by atoms with Crippen molar-refractivity contribution >= 4 is 11.6 Å². The highest BCUT2D eigenvalue weighted by Crippen LogP contribution is 2.41. The van der Waals surface area contributed by atoms with Gasteiger partial charge >= 0.3 is 0 Å². The molecule has 15 heavy (non-hydrogen) atoms. The molecule has 1 aliphatic rings. The normalized spacial score (nSPS) is 17.5. The Morgan fingerprint density at radius 3 is 2.40 bits per heavy atom. The molecule has 1 aliphatic heterocycles. The van der Waals surface area contributed by atoms with E-state index in [1.165, 1.54) is 13.8 Å². The van der Waals surface area contributed by atoms with Crippen molar-refractivity contribution in [1.29, 1.82) is 0 Å². The minimum atomic E-state index is -1.30. The van der Waals surface area contributed by atoms with Crippen LogP contribution in [-0.2, 0) is 10.2 Å². The molecule has 0 saturated heterocycles. The Labute approximate surface area is 84.1 Å². The van der Waals surface area contributed by atoms with Gasteiger partial charge in [-0.3, -0.25) is 4.79 Å². The molecule has 1 aromatic rings. The Morgan fingerprint density at radius 1 is 1.20 bits per heavy atom. The zero-order valence-electron chi connectivity index (χ0n) is 8.12. The third-order valence-electron chi connectivity index (χ3n) is 2.60. The van der Waals surface area contributed by atoms with Crippen LogP contribution in [0.5, 0.6) is 0 Å². The fourth-order valence-electron chi connectivity index (χ4n) is 1.71. The number of carbonyl (C=O) groups excluding carboxylic acids is 1. The lowest BCUT2D eigenvalue weighted by Crippen LogP contribution is -2.27. The number of carbonyl (C=O) groups is 1. The van der Waals surface area contributed by atoms with Gasteiger partial charge in [-0.25, -0.2) is 13.2 Å². The van der Waals surface area contributed by atoms with Crippen molar-refractivity contribution in [3.05, 3.63) is 29.1 Å². The third-order valence-corrected chi connectivity index (χ3v) is 2.60. The summed E-state index contributed by atoms with van der Waals surface area (Å²) in [7, 11) is 0. The van der Waals surface area contributed by atoms with Crippen LogP contribution in [0.3, 0.4) is 0 Å². The predicted octanol–water partition coefficient (Wildman–Crippen LogP) is 2.33. The van der Waals surface area contributed by atoms with Gasteiger partial charge in [-0.2, -0.15) is 0 Å². The standard InChI is InChI=1S/C10H8F3NO/c1-10(2)6-4(11)3-5(12)7(13)8(6)14-9(10)15/h3H,1-2H3,(H,14,15). The molecule has 1 aromatic carbocycles. The van der Waals surface area contributed by atoms with Crippen molar-refractivity contribution in [3.63, 3.8) is 0 Å². The van der Waals surface area contributed by atoms with E-state index in [0.717, 1.165) is 0 Å². The van der Waals surface area contributed by atoms with Gasteiger partial charge in [0.1, 0.15) is 5.82 Å². The summed E-state index contributed by atoms with van der Waals surface area (Å²) >= 11 is 0. The monoisotopic (exact) mass is 215 g/mol. The number of fused-ring (bicyclic) bond motifs is 1. The Morgan fingerprint density at radius 2 is 1.80 bits per heavy atom. The summed E-state index contributed by atoms with van der Waals surface area (Å²) in [6.45, 7) is 2.91. The molecule has 5 heteroatoms. The van der Waals surface area contributed by atoms with E-state index >= 15 is 0 Å². The summed E-state index contributed by atoms with van der Waals surface area (Å²) in [5, 5.41) is 2.14. The van der Waals surface area contributed by atoms with Crippen molar-refractivity contribution in [3.8, 4) is 0 Å². The summed E-state index contributed by atoms with van der Waals surface area (Å²) in [4.78, 5) is 11.4. The largest absolute Gasteiger partial charge is 0.322 e. The highest BCUT2D eigenvalue weighted by atomic mass is 19.2. The van der Waals surface area contributed by atoms with Crippen LogP contribution < -0.4 is 5.32 Å².